The maximum Gasteiger partial charge on any atom is 0.245 e. The van der Waals surface area contributed by atoms with Gasteiger partial charge >= 0.3 is 0 Å². The lowest BCUT2D eigenvalue weighted by atomic mass is 9.84. The molecule has 1 aliphatic heterocycles. The molecule has 3 aromatic carbocycles. The second-order valence-electron chi connectivity index (χ2n) is 17.9. The maximum absolute atomic E-state index is 14.6. The van der Waals surface area contributed by atoms with Crippen molar-refractivity contribution < 1.29 is 38.4 Å². The van der Waals surface area contributed by atoms with Crippen molar-refractivity contribution in [2.24, 2.45) is 11.7 Å². The summed E-state index contributed by atoms with van der Waals surface area (Å²) in [5, 5.41) is 17.9. The highest BCUT2D eigenvalue weighted by Crippen LogP contribution is 2.29. The van der Waals surface area contributed by atoms with Crippen LogP contribution in [0.4, 0.5) is 0 Å². The van der Waals surface area contributed by atoms with E-state index in [-0.39, 0.29) is 50.6 Å². The van der Waals surface area contributed by atoms with Gasteiger partial charge in [0, 0.05) is 55.8 Å². The van der Waals surface area contributed by atoms with Crippen molar-refractivity contribution in [1.29, 1.82) is 0 Å². The van der Waals surface area contributed by atoms with Crippen molar-refractivity contribution in [2.45, 2.75) is 127 Å². The molecule has 1 saturated carbocycles. The molecule has 1 saturated heterocycles. The SMILES string of the molecule is CC(=O)NCCC[C@H](NC(=O)[C@H](Cc1ccccc1)NC(C)=O)C(=O)N1CC[C@H]1C(=O)N[C@H](CC1CCCCC1)C(=O)N[C@@H](Cc1cc2ccccc2s1)C(=O)N[C@@H](Cc1ccccc1)C(N)=O. The standard InChI is InChI=1S/C51H64N8O8S/c1-32(60)53-25-14-22-39(55-47(63)41(54-33(2)61)28-35-17-8-4-9-18-35)51(67)59-26-24-44(59)50(66)58-42(29-36-19-10-5-11-20-36)48(64)57-43(31-38-30-37-21-12-13-23-45(37)68-38)49(65)56-40(46(52)62)27-34-15-6-3-7-16-34/h3-4,6-9,12-13,15-18,21,23,30,36,39-44H,5,10-11,14,19-20,22,24-29,31H2,1-2H3,(H2,52,62)(H,53,60)(H,54,61)(H,55,63)(H,56,65)(H,57,64)(H,58,66)/t39-,40-,41-,42+,43-,44-/m0/s1. The van der Waals surface area contributed by atoms with Crippen LogP contribution in [0.15, 0.2) is 91.0 Å². The number of benzene rings is 3. The van der Waals surface area contributed by atoms with Gasteiger partial charge in [0.1, 0.15) is 36.3 Å². The van der Waals surface area contributed by atoms with Crippen LogP contribution in [0, 0.1) is 5.92 Å². The van der Waals surface area contributed by atoms with Gasteiger partial charge in [-0.15, -0.1) is 11.3 Å². The summed E-state index contributed by atoms with van der Waals surface area (Å²) in [5.41, 5.74) is 7.39. The Morgan fingerprint density at radius 2 is 1.21 bits per heavy atom. The molecule has 1 aliphatic carbocycles. The van der Waals surface area contributed by atoms with Crippen molar-refractivity contribution in [3.63, 3.8) is 0 Å². The molecule has 8 N–H and O–H groups in total. The van der Waals surface area contributed by atoms with Gasteiger partial charge in [-0.25, -0.2) is 0 Å². The predicted octanol–water partition coefficient (Wildman–Crippen LogP) is 3.35. The van der Waals surface area contributed by atoms with E-state index in [1.807, 2.05) is 91.0 Å². The fourth-order valence-electron chi connectivity index (χ4n) is 8.95. The number of thiophene rings is 1. The molecule has 2 heterocycles. The van der Waals surface area contributed by atoms with Crippen molar-refractivity contribution in [3.8, 4) is 0 Å². The molecule has 0 bridgehead atoms. The molecular formula is C51H64N8O8S. The van der Waals surface area contributed by atoms with Crippen molar-refractivity contribution in [1.82, 2.24) is 36.8 Å². The van der Waals surface area contributed by atoms with Crippen molar-refractivity contribution >= 4 is 68.7 Å². The van der Waals surface area contributed by atoms with Gasteiger partial charge in [-0.2, -0.15) is 0 Å². The van der Waals surface area contributed by atoms with Crippen LogP contribution in [-0.4, -0.2) is 101 Å². The summed E-state index contributed by atoms with van der Waals surface area (Å²) in [6.07, 6.45) is 6.25. The summed E-state index contributed by atoms with van der Waals surface area (Å²) in [7, 11) is 0. The Labute approximate surface area is 401 Å². The lowest BCUT2D eigenvalue weighted by Gasteiger charge is -2.42. The molecule has 1 aromatic heterocycles. The first kappa shape index (κ1) is 50.8. The highest BCUT2D eigenvalue weighted by molar-refractivity contribution is 7.19. The highest BCUT2D eigenvalue weighted by atomic mass is 32.1. The first-order valence-corrected chi connectivity index (χ1v) is 24.4. The Kier molecular flexibility index (Phi) is 18.6. The van der Waals surface area contributed by atoms with Gasteiger partial charge in [-0.05, 0) is 60.2 Å². The van der Waals surface area contributed by atoms with Gasteiger partial charge in [0.05, 0.1) is 0 Å². The maximum atomic E-state index is 14.6. The van der Waals surface area contributed by atoms with Gasteiger partial charge in [0.15, 0.2) is 0 Å². The third-order valence-electron chi connectivity index (χ3n) is 12.6. The quantitative estimate of drug-likeness (QED) is 0.0544. The number of primary amides is 1. The van der Waals surface area contributed by atoms with Crippen molar-refractivity contribution in [2.75, 3.05) is 13.1 Å². The minimum absolute atomic E-state index is 0.103. The highest BCUT2D eigenvalue weighted by Gasteiger charge is 2.42. The van der Waals surface area contributed by atoms with Crippen LogP contribution in [-0.2, 0) is 57.6 Å². The Hall–Kier alpha value is -6.62. The second-order valence-corrected chi connectivity index (χ2v) is 19.1. The zero-order valence-corrected chi connectivity index (χ0v) is 39.6. The van der Waals surface area contributed by atoms with E-state index < -0.39 is 77.6 Å². The number of rotatable bonds is 23. The minimum Gasteiger partial charge on any atom is -0.368 e. The Bertz CT molecular complexity index is 2360. The normalized spacial score (nSPS) is 17.0. The molecule has 0 radical (unpaired) electrons. The van der Waals surface area contributed by atoms with Gasteiger partial charge in [0.25, 0.3) is 0 Å². The van der Waals surface area contributed by atoms with Crippen LogP contribution in [0.25, 0.3) is 10.1 Å². The number of carbonyl (C=O) groups is 8. The van der Waals surface area contributed by atoms with E-state index in [0.717, 1.165) is 58.2 Å². The van der Waals surface area contributed by atoms with Crippen LogP contribution < -0.4 is 37.6 Å². The molecule has 6 rings (SSSR count). The fraction of sp³-hybridized carbons (Fsp3) is 0.451. The zero-order chi connectivity index (χ0) is 48.6. The van der Waals surface area contributed by atoms with E-state index >= 15 is 0 Å². The summed E-state index contributed by atoms with van der Waals surface area (Å²) >= 11 is 1.49. The second kappa shape index (κ2) is 24.9. The van der Waals surface area contributed by atoms with Crippen LogP contribution in [0.5, 0.6) is 0 Å². The molecule has 362 valence electrons. The molecule has 0 spiro atoms. The summed E-state index contributed by atoms with van der Waals surface area (Å²) < 4.78 is 1.00. The summed E-state index contributed by atoms with van der Waals surface area (Å²) in [6, 6.07) is 21.7. The number of nitrogens with zero attached hydrogens (tertiary/aromatic N) is 1. The van der Waals surface area contributed by atoms with Gasteiger partial charge in [-0.3, -0.25) is 38.4 Å². The predicted molar refractivity (Wildman–Crippen MR) is 260 cm³/mol. The number of hydrogen-bond acceptors (Lipinski definition) is 9. The summed E-state index contributed by atoms with van der Waals surface area (Å²) in [4.78, 5) is 110. The number of nitrogens with one attached hydrogen (secondary N) is 6. The largest absolute Gasteiger partial charge is 0.368 e. The molecule has 16 nitrogen and oxygen atoms in total. The molecule has 17 heteroatoms. The minimum atomic E-state index is -1.15. The summed E-state index contributed by atoms with van der Waals surface area (Å²) in [5.74, 6) is -4.11. The third kappa shape index (κ3) is 14.9. The van der Waals surface area contributed by atoms with Crippen molar-refractivity contribution in [3.05, 3.63) is 107 Å². The number of nitrogens with two attached hydrogens (primary N) is 1. The van der Waals surface area contributed by atoms with Crippen LogP contribution in [0.3, 0.4) is 0 Å². The Morgan fingerprint density at radius 1 is 0.632 bits per heavy atom. The topological polar surface area (TPSA) is 238 Å². The van der Waals surface area contributed by atoms with E-state index in [4.69, 9.17) is 5.73 Å². The Balaban J connectivity index is 1.20. The van der Waals surface area contributed by atoms with E-state index in [9.17, 15) is 38.4 Å². The molecule has 4 aromatic rings. The molecule has 8 amide bonds. The average Bonchev–Trinajstić information content (AvgIpc) is 3.72. The zero-order valence-electron chi connectivity index (χ0n) is 38.8. The molecule has 2 fully saturated rings. The number of likely N-dealkylation sites (tertiary alicyclic amines) is 1. The van der Waals surface area contributed by atoms with Crippen LogP contribution >= 0.6 is 11.3 Å². The molecule has 6 atom stereocenters. The first-order valence-electron chi connectivity index (χ1n) is 23.6. The van der Waals surface area contributed by atoms with Crippen LogP contribution in [0.2, 0.25) is 0 Å². The van der Waals surface area contributed by atoms with E-state index in [0.29, 0.717) is 19.3 Å². The molecule has 0 unspecified atom stereocenters. The van der Waals surface area contributed by atoms with Crippen LogP contribution in [0.1, 0.15) is 87.6 Å². The average molecular weight is 949 g/mol. The molecular weight excluding hydrogens is 885 g/mol. The number of fused-ring (bicyclic) bond motifs is 1. The summed E-state index contributed by atoms with van der Waals surface area (Å²) in [6.45, 7) is 3.15. The van der Waals surface area contributed by atoms with E-state index in [1.54, 1.807) is 0 Å². The smallest absolute Gasteiger partial charge is 0.245 e. The molecule has 2 aliphatic rings. The number of carbonyl (C=O) groups excluding carboxylic acids is 8. The first-order chi connectivity index (χ1) is 32.7. The number of hydrogen-bond donors (Lipinski definition) is 7. The Morgan fingerprint density at radius 3 is 1.79 bits per heavy atom. The van der Waals surface area contributed by atoms with Gasteiger partial charge < -0.3 is 42.5 Å². The molecule has 68 heavy (non-hydrogen) atoms. The lowest BCUT2D eigenvalue weighted by Crippen LogP contribution is -2.65. The van der Waals surface area contributed by atoms with E-state index in [1.165, 1.54) is 30.1 Å². The fourth-order valence-corrected chi connectivity index (χ4v) is 10.1. The van der Waals surface area contributed by atoms with E-state index in [2.05, 4.69) is 31.9 Å². The monoisotopic (exact) mass is 948 g/mol. The van der Waals surface area contributed by atoms with Gasteiger partial charge in [0.2, 0.25) is 47.3 Å². The lowest BCUT2D eigenvalue weighted by molar-refractivity contribution is -0.151. The number of amides is 8. The third-order valence-corrected chi connectivity index (χ3v) is 13.8. The van der Waals surface area contributed by atoms with Gasteiger partial charge in [-0.1, -0.05) is 111 Å².